The average molecular weight is 346 g/mol. The minimum atomic E-state index is -0.951. The summed E-state index contributed by atoms with van der Waals surface area (Å²) >= 11 is 0. The molecule has 25 heavy (non-hydrogen) atoms. The molecule has 1 heterocycles. The molecule has 1 aromatic carbocycles. The van der Waals surface area contributed by atoms with Crippen molar-refractivity contribution >= 4 is 11.9 Å². The molecule has 1 fully saturated rings. The molecule has 0 saturated carbocycles. The Bertz CT molecular complexity index is 649. The van der Waals surface area contributed by atoms with Crippen LogP contribution in [0.4, 0.5) is 0 Å². The number of ether oxygens (including phenoxy) is 2. The molecule has 1 aromatic rings. The van der Waals surface area contributed by atoms with Crippen LogP contribution in [0.5, 0.6) is 5.75 Å². The molecule has 1 N–H and O–H groups in total. The molecule has 0 radical (unpaired) electrons. The number of nitrogens with zero attached hydrogens (tertiary/aromatic N) is 2. The number of amides is 1. The summed E-state index contributed by atoms with van der Waals surface area (Å²) in [5, 5.41) is 18.1. The van der Waals surface area contributed by atoms with Crippen LogP contribution in [0.1, 0.15) is 31.7 Å². The Morgan fingerprint density at radius 3 is 2.72 bits per heavy atom. The van der Waals surface area contributed by atoms with Gasteiger partial charge in [0.15, 0.2) is 6.10 Å². The Morgan fingerprint density at radius 1 is 1.40 bits per heavy atom. The van der Waals surface area contributed by atoms with E-state index >= 15 is 0 Å². The average Bonchev–Trinajstić information content (AvgIpc) is 2.62. The topological polar surface area (TPSA) is 99.9 Å². The van der Waals surface area contributed by atoms with E-state index in [0.29, 0.717) is 37.4 Å². The first-order valence-corrected chi connectivity index (χ1v) is 8.28. The lowest BCUT2D eigenvalue weighted by Gasteiger charge is -2.35. The van der Waals surface area contributed by atoms with Crippen LogP contribution in [0.25, 0.3) is 0 Å². The molecule has 1 aliphatic heterocycles. The van der Waals surface area contributed by atoms with Crippen molar-refractivity contribution in [3.05, 3.63) is 29.8 Å². The third-order valence-corrected chi connectivity index (χ3v) is 4.14. The second-order valence-electron chi connectivity index (χ2n) is 5.89. The minimum absolute atomic E-state index is 0.0575. The fraction of sp³-hybridized carbons (Fsp3) is 0.500. The number of nitriles is 1. The highest BCUT2D eigenvalue weighted by Crippen LogP contribution is 2.21. The molecule has 7 nitrogen and oxygen atoms in total. The van der Waals surface area contributed by atoms with Crippen molar-refractivity contribution in [2.75, 3.05) is 19.8 Å². The molecule has 0 bridgehead atoms. The van der Waals surface area contributed by atoms with E-state index in [-0.39, 0.29) is 24.9 Å². The van der Waals surface area contributed by atoms with Crippen molar-refractivity contribution in [1.82, 2.24) is 4.90 Å². The van der Waals surface area contributed by atoms with Crippen LogP contribution in [0.2, 0.25) is 0 Å². The van der Waals surface area contributed by atoms with E-state index in [9.17, 15) is 9.59 Å². The van der Waals surface area contributed by atoms with Gasteiger partial charge < -0.3 is 19.5 Å². The lowest BCUT2D eigenvalue weighted by atomic mass is 10.1. The predicted octanol–water partition coefficient (Wildman–Crippen LogP) is 1.81. The minimum Gasteiger partial charge on any atom is -0.481 e. The molecule has 134 valence electrons. The SMILES string of the molecule is C[C@H](Oc1ccccc1C#N)C(=O)N(CCC(=O)O)C1CCOCC1. The highest BCUT2D eigenvalue weighted by molar-refractivity contribution is 5.82. The number of carbonyl (C=O) groups is 2. The number of hydrogen-bond donors (Lipinski definition) is 1. The van der Waals surface area contributed by atoms with Gasteiger partial charge in [-0.25, -0.2) is 0 Å². The van der Waals surface area contributed by atoms with Gasteiger partial charge in [-0.2, -0.15) is 5.26 Å². The van der Waals surface area contributed by atoms with Gasteiger partial charge in [0.1, 0.15) is 11.8 Å². The molecule has 1 atom stereocenters. The van der Waals surface area contributed by atoms with Gasteiger partial charge in [-0.15, -0.1) is 0 Å². The van der Waals surface area contributed by atoms with E-state index in [1.54, 1.807) is 36.1 Å². The molecule has 1 saturated heterocycles. The molecule has 7 heteroatoms. The van der Waals surface area contributed by atoms with Crippen molar-refractivity contribution < 1.29 is 24.2 Å². The normalized spacial score (nSPS) is 15.8. The standard InChI is InChI=1S/C18H22N2O5/c1-13(25-16-5-3-2-4-14(16)12-19)18(23)20(9-6-17(21)22)15-7-10-24-11-8-15/h2-5,13,15H,6-11H2,1H3,(H,21,22)/t13-/m0/s1. The summed E-state index contributed by atoms with van der Waals surface area (Å²) in [6, 6.07) is 8.68. The number of benzene rings is 1. The Labute approximate surface area is 146 Å². The fourth-order valence-electron chi connectivity index (χ4n) is 2.82. The first-order valence-electron chi connectivity index (χ1n) is 8.28. The second-order valence-corrected chi connectivity index (χ2v) is 5.89. The first-order chi connectivity index (χ1) is 12.0. The van der Waals surface area contributed by atoms with Crippen molar-refractivity contribution in [2.45, 2.75) is 38.3 Å². The number of carbonyl (C=O) groups excluding carboxylic acids is 1. The van der Waals surface area contributed by atoms with Crippen LogP contribution in [0.15, 0.2) is 24.3 Å². The maximum absolute atomic E-state index is 12.8. The summed E-state index contributed by atoms with van der Waals surface area (Å²) < 4.78 is 11.0. The van der Waals surface area contributed by atoms with Crippen LogP contribution in [0, 0.1) is 11.3 Å². The van der Waals surface area contributed by atoms with E-state index < -0.39 is 12.1 Å². The largest absolute Gasteiger partial charge is 0.481 e. The van der Waals surface area contributed by atoms with Crippen LogP contribution in [-0.2, 0) is 14.3 Å². The maximum Gasteiger partial charge on any atom is 0.305 e. The summed E-state index contributed by atoms with van der Waals surface area (Å²) in [6.07, 6.45) is 0.413. The molecule has 1 amide bonds. The third-order valence-electron chi connectivity index (χ3n) is 4.14. The van der Waals surface area contributed by atoms with Crippen LogP contribution in [0.3, 0.4) is 0 Å². The Kier molecular flexibility index (Phi) is 6.78. The molecular weight excluding hydrogens is 324 g/mol. The van der Waals surface area contributed by atoms with Crippen LogP contribution in [-0.4, -0.2) is 53.8 Å². The van der Waals surface area contributed by atoms with Gasteiger partial charge >= 0.3 is 5.97 Å². The molecule has 0 unspecified atom stereocenters. The summed E-state index contributed by atoms with van der Waals surface area (Å²) in [4.78, 5) is 25.3. The molecule has 1 aliphatic rings. The Hall–Kier alpha value is -2.59. The quantitative estimate of drug-likeness (QED) is 0.808. The van der Waals surface area contributed by atoms with Crippen molar-refractivity contribution in [2.24, 2.45) is 0 Å². The van der Waals surface area contributed by atoms with Crippen LogP contribution >= 0.6 is 0 Å². The zero-order valence-electron chi connectivity index (χ0n) is 14.2. The summed E-state index contributed by atoms with van der Waals surface area (Å²) in [5.74, 6) is -0.884. The Morgan fingerprint density at radius 2 is 2.08 bits per heavy atom. The first kappa shape index (κ1) is 18.7. The maximum atomic E-state index is 12.8. The van der Waals surface area contributed by atoms with Gasteiger partial charge in [-0.05, 0) is 31.9 Å². The molecule has 0 spiro atoms. The summed E-state index contributed by atoms with van der Waals surface area (Å²) in [5.41, 5.74) is 0.352. The Balaban J connectivity index is 2.10. The van der Waals surface area contributed by atoms with Gasteiger partial charge in [-0.3, -0.25) is 9.59 Å². The van der Waals surface area contributed by atoms with Gasteiger partial charge in [-0.1, -0.05) is 12.1 Å². The van der Waals surface area contributed by atoms with Gasteiger partial charge in [0.2, 0.25) is 0 Å². The highest BCUT2D eigenvalue weighted by Gasteiger charge is 2.30. The third kappa shape index (κ3) is 5.19. The predicted molar refractivity (Wildman–Crippen MR) is 89.1 cm³/mol. The van der Waals surface area contributed by atoms with Crippen molar-refractivity contribution in [3.63, 3.8) is 0 Å². The van der Waals surface area contributed by atoms with E-state index in [0.717, 1.165) is 0 Å². The molecule has 0 aromatic heterocycles. The summed E-state index contributed by atoms with van der Waals surface area (Å²) in [7, 11) is 0. The second kappa shape index (κ2) is 9.04. The molecule has 0 aliphatic carbocycles. The van der Waals surface area contributed by atoms with Crippen molar-refractivity contribution in [3.8, 4) is 11.8 Å². The van der Waals surface area contributed by atoms with E-state index in [4.69, 9.17) is 19.8 Å². The van der Waals surface area contributed by atoms with Crippen LogP contribution < -0.4 is 4.74 Å². The zero-order valence-corrected chi connectivity index (χ0v) is 14.2. The van der Waals surface area contributed by atoms with Gasteiger partial charge in [0.25, 0.3) is 5.91 Å². The summed E-state index contributed by atoms with van der Waals surface area (Å²) in [6.45, 7) is 2.85. The zero-order chi connectivity index (χ0) is 18.2. The number of rotatable bonds is 7. The highest BCUT2D eigenvalue weighted by atomic mass is 16.5. The number of hydrogen-bond acceptors (Lipinski definition) is 5. The van der Waals surface area contributed by atoms with Gasteiger partial charge in [0.05, 0.1) is 12.0 Å². The number of carboxylic acids is 1. The number of aliphatic carboxylic acids is 1. The van der Waals surface area contributed by atoms with E-state index in [1.807, 2.05) is 6.07 Å². The monoisotopic (exact) mass is 346 g/mol. The lowest BCUT2D eigenvalue weighted by Crippen LogP contribution is -2.49. The fourth-order valence-corrected chi connectivity index (χ4v) is 2.82. The lowest BCUT2D eigenvalue weighted by molar-refractivity contribution is -0.144. The van der Waals surface area contributed by atoms with Crippen molar-refractivity contribution in [1.29, 1.82) is 5.26 Å². The van der Waals surface area contributed by atoms with E-state index in [2.05, 4.69) is 0 Å². The van der Waals surface area contributed by atoms with Gasteiger partial charge in [0, 0.05) is 25.8 Å². The molecule has 2 rings (SSSR count). The van der Waals surface area contributed by atoms with E-state index in [1.165, 1.54) is 0 Å². The number of carboxylic acid groups (broad SMARTS) is 1. The molecular formula is C18H22N2O5. The number of para-hydroxylation sites is 1. The smallest absolute Gasteiger partial charge is 0.305 e.